The molecule has 1 saturated heterocycles. The summed E-state index contributed by atoms with van der Waals surface area (Å²) in [6.07, 6.45) is 1.26. The Bertz CT molecular complexity index is 517. The predicted molar refractivity (Wildman–Crippen MR) is 96.7 cm³/mol. The second-order valence-corrected chi connectivity index (χ2v) is 7.74. The number of aliphatic imine (C=N–C) groups is 1. The fraction of sp³-hybridized carbons (Fsp3) is 0.647. The first-order valence-electron chi connectivity index (χ1n) is 8.21. The standard InChI is InChI=1S/C17H28N4OS/c1-13-8-14(2)12-21(11-13)17(19-10-16(22)20(3)4)18-9-15-6-5-7-23-15/h5-7,13-14H,8-12H2,1-4H3,(H,18,19). The van der Waals surface area contributed by atoms with Crippen LogP contribution in [0.2, 0.25) is 0 Å². The highest BCUT2D eigenvalue weighted by Gasteiger charge is 2.24. The molecule has 0 radical (unpaired) electrons. The average Bonchev–Trinajstić information content (AvgIpc) is 2.99. The Labute approximate surface area is 143 Å². The Balaban J connectivity index is 2.06. The highest BCUT2D eigenvalue weighted by Crippen LogP contribution is 2.21. The van der Waals surface area contributed by atoms with E-state index in [0.29, 0.717) is 11.8 Å². The summed E-state index contributed by atoms with van der Waals surface area (Å²) in [4.78, 5) is 21.6. The molecule has 1 aromatic rings. The van der Waals surface area contributed by atoms with Crippen molar-refractivity contribution in [1.82, 2.24) is 15.1 Å². The van der Waals surface area contributed by atoms with E-state index in [2.05, 4.69) is 46.6 Å². The lowest BCUT2D eigenvalue weighted by Crippen LogP contribution is -2.48. The first-order valence-corrected chi connectivity index (χ1v) is 9.09. The van der Waals surface area contributed by atoms with Gasteiger partial charge in [-0.25, -0.2) is 4.99 Å². The van der Waals surface area contributed by atoms with Crippen LogP contribution in [0.5, 0.6) is 0 Å². The molecule has 23 heavy (non-hydrogen) atoms. The molecule has 5 nitrogen and oxygen atoms in total. The van der Waals surface area contributed by atoms with Gasteiger partial charge < -0.3 is 15.1 Å². The maximum atomic E-state index is 11.9. The Kier molecular flexibility index (Phi) is 6.45. The quantitative estimate of drug-likeness (QED) is 0.678. The summed E-state index contributed by atoms with van der Waals surface area (Å²) < 4.78 is 0. The van der Waals surface area contributed by atoms with Crippen molar-refractivity contribution in [2.24, 2.45) is 16.8 Å². The third-order valence-corrected chi connectivity index (χ3v) is 4.91. The number of guanidine groups is 1. The topological polar surface area (TPSA) is 47.9 Å². The van der Waals surface area contributed by atoms with Gasteiger partial charge in [0.05, 0.1) is 6.54 Å². The van der Waals surface area contributed by atoms with Crippen molar-refractivity contribution in [2.75, 3.05) is 33.7 Å². The summed E-state index contributed by atoms with van der Waals surface area (Å²) >= 11 is 1.73. The van der Waals surface area contributed by atoms with Gasteiger partial charge in [0.2, 0.25) is 5.91 Å². The Morgan fingerprint density at radius 2 is 2.09 bits per heavy atom. The zero-order chi connectivity index (χ0) is 16.8. The summed E-state index contributed by atoms with van der Waals surface area (Å²) in [5, 5.41) is 5.52. The summed E-state index contributed by atoms with van der Waals surface area (Å²) in [5.41, 5.74) is 0. The molecule has 0 saturated carbocycles. The molecule has 1 aliphatic rings. The van der Waals surface area contributed by atoms with E-state index in [0.717, 1.165) is 25.6 Å². The van der Waals surface area contributed by atoms with Gasteiger partial charge in [-0.3, -0.25) is 4.79 Å². The van der Waals surface area contributed by atoms with Crippen LogP contribution in [0.15, 0.2) is 22.5 Å². The molecule has 2 atom stereocenters. The average molecular weight is 337 g/mol. The maximum absolute atomic E-state index is 11.9. The number of likely N-dealkylation sites (tertiary alicyclic amines) is 1. The number of hydrogen-bond acceptors (Lipinski definition) is 3. The molecule has 2 heterocycles. The number of thiophene rings is 1. The number of carbonyl (C=O) groups is 1. The summed E-state index contributed by atoms with van der Waals surface area (Å²) in [6, 6.07) is 4.17. The van der Waals surface area contributed by atoms with E-state index < -0.39 is 0 Å². The first kappa shape index (κ1) is 17.8. The van der Waals surface area contributed by atoms with Gasteiger partial charge in [-0.2, -0.15) is 0 Å². The van der Waals surface area contributed by atoms with Crippen molar-refractivity contribution in [3.05, 3.63) is 22.4 Å². The van der Waals surface area contributed by atoms with Gasteiger partial charge in [-0.15, -0.1) is 11.3 Å². The van der Waals surface area contributed by atoms with Gasteiger partial charge in [-0.05, 0) is 29.7 Å². The number of piperidine rings is 1. The predicted octanol–water partition coefficient (Wildman–Crippen LogP) is 2.26. The van der Waals surface area contributed by atoms with Crippen molar-refractivity contribution >= 4 is 23.2 Å². The van der Waals surface area contributed by atoms with Gasteiger partial charge in [0, 0.05) is 32.1 Å². The normalized spacial score (nSPS) is 22.1. The molecule has 2 rings (SSSR count). The fourth-order valence-corrected chi connectivity index (χ4v) is 3.61. The minimum Gasteiger partial charge on any atom is -0.351 e. The maximum Gasteiger partial charge on any atom is 0.243 e. The van der Waals surface area contributed by atoms with Crippen LogP contribution in [0.25, 0.3) is 0 Å². The van der Waals surface area contributed by atoms with Crippen molar-refractivity contribution < 1.29 is 4.79 Å². The lowest BCUT2D eigenvalue weighted by molar-refractivity contribution is -0.127. The van der Waals surface area contributed by atoms with Crippen LogP contribution in [0.4, 0.5) is 0 Å². The molecule has 0 aliphatic carbocycles. The molecule has 1 aliphatic heterocycles. The third-order valence-electron chi connectivity index (χ3n) is 4.03. The second kappa shape index (κ2) is 8.34. The van der Waals surface area contributed by atoms with E-state index in [-0.39, 0.29) is 12.5 Å². The second-order valence-electron chi connectivity index (χ2n) is 6.71. The van der Waals surface area contributed by atoms with Gasteiger partial charge in [0.15, 0.2) is 5.96 Å². The van der Waals surface area contributed by atoms with Gasteiger partial charge in [0.25, 0.3) is 0 Å². The van der Waals surface area contributed by atoms with Crippen molar-refractivity contribution in [3.8, 4) is 0 Å². The van der Waals surface area contributed by atoms with Crippen LogP contribution < -0.4 is 5.32 Å². The minimum atomic E-state index is 0.0264. The molecule has 128 valence electrons. The zero-order valence-corrected chi connectivity index (χ0v) is 15.4. The van der Waals surface area contributed by atoms with Crippen LogP contribution in [-0.4, -0.2) is 55.4 Å². The number of nitrogens with one attached hydrogen (secondary N) is 1. The fourth-order valence-electron chi connectivity index (χ4n) is 2.97. The molecule has 2 unspecified atom stereocenters. The van der Waals surface area contributed by atoms with Crippen molar-refractivity contribution in [3.63, 3.8) is 0 Å². The van der Waals surface area contributed by atoms with E-state index in [1.807, 2.05) is 0 Å². The van der Waals surface area contributed by atoms with Crippen LogP contribution in [0.1, 0.15) is 25.1 Å². The smallest absolute Gasteiger partial charge is 0.243 e. The Morgan fingerprint density at radius 3 is 2.65 bits per heavy atom. The SMILES string of the molecule is CC1CC(C)CN(C(=NCC(=O)N(C)C)NCc2cccs2)C1. The summed E-state index contributed by atoms with van der Waals surface area (Å²) in [7, 11) is 3.53. The van der Waals surface area contributed by atoms with Crippen molar-refractivity contribution in [1.29, 1.82) is 0 Å². The molecule has 0 aromatic carbocycles. The number of amides is 1. The van der Waals surface area contributed by atoms with Gasteiger partial charge >= 0.3 is 0 Å². The van der Waals surface area contributed by atoms with Crippen LogP contribution in [0.3, 0.4) is 0 Å². The molecular formula is C17H28N4OS. The number of hydrogen-bond donors (Lipinski definition) is 1. The minimum absolute atomic E-state index is 0.0264. The molecular weight excluding hydrogens is 308 g/mol. The highest BCUT2D eigenvalue weighted by atomic mass is 32.1. The lowest BCUT2D eigenvalue weighted by atomic mass is 9.92. The van der Waals surface area contributed by atoms with Crippen molar-refractivity contribution in [2.45, 2.75) is 26.8 Å². The van der Waals surface area contributed by atoms with Gasteiger partial charge in [0.1, 0.15) is 6.54 Å². The van der Waals surface area contributed by atoms with E-state index in [9.17, 15) is 4.79 Å². The molecule has 0 spiro atoms. The molecule has 1 fully saturated rings. The number of carbonyl (C=O) groups excluding carboxylic acids is 1. The summed E-state index contributed by atoms with van der Waals surface area (Å²) in [5.74, 6) is 2.18. The molecule has 1 N–H and O–H groups in total. The number of rotatable bonds is 4. The Morgan fingerprint density at radius 1 is 1.39 bits per heavy atom. The molecule has 1 amide bonds. The van der Waals surface area contributed by atoms with E-state index in [1.54, 1.807) is 30.3 Å². The van der Waals surface area contributed by atoms with Crippen LogP contribution in [-0.2, 0) is 11.3 Å². The van der Waals surface area contributed by atoms with E-state index in [4.69, 9.17) is 0 Å². The highest BCUT2D eigenvalue weighted by molar-refractivity contribution is 7.09. The Hall–Kier alpha value is -1.56. The summed E-state index contributed by atoms with van der Waals surface area (Å²) in [6.45, 7) is 7.51. The van der Waals surface area contributed by atoms with E-state index in [1.165, 1.54) is 11.3 Å². The van der Waals surface area contributed by atoms with Gasteiger partial charge in [-0.1, -0.05) is 19.9 Å². The molecule has 0 bridgehead atoms. The first-order chi connectivity index (χ1) is 11.0. The number of nitrogens with zero attached hydrogens (tertiary/aromatic N) is 3. The van der Waals surface area contributed by atoms with Crippen LogP contribution >= 0.6 is 11.3 Å². The van der Waals surface area contributed by atoms with E-state index >= 15 is 0 Å². The van der Waals surface area contributed by atoms with Crippen LogP contribution in [0, 0.1) is 11.8 Å². The number of likely N-dealkylation sites (N-methyl/N-ethyl adjacent to an activating group) is 1. The third kappa shape index (κ3) is 5.53. The molecule has 1 aromatic heterocycles. The largest absolute Gasteiger partial charge is 0.351 e. The molecule has 6 heteroatoms. The monoisotopic (exact) mass is 336 g/mol. The lowest BCUT2D eigenvalue weighted by Gasteiger charge is -2.37. The zero-order valence-electron chi connectivity index (χ0n) is 14.6.